The summed E-state index contributed by atoms with van der Waals surface area (Å²) in [5.41, 5.74) is 1.46. The average Bonchev–Trinajstić information content (AvgIpc) is 2.91. The third kappa shape index (κ3) is 3.08. The molecule has 0 spiro atoms. The molecule has 132 valence electrons. The van der Waals surface area contributed by atoms with E-state index in [4.69, 9.17) is 5.11 Å². The average molecular weight is 345 g/mol. The van der Waals surface area contributed by atoms with E-state index < -0.39 is 18.0 Å². The van der Waals surface area contributed by atoms with Crippen LogP contribution < -0.4 is 0 Å². The highest BCUT2D eigenvalue weighted by Crippen LogP contribution is 2.31. The lowest BCUT2D eigenvalue weighted by atomic mass is 10.0. The number of rotatable bonds is 5. The van der Waals surface area contributed by atoms with E-state index in [2.05, 4.69) is 0 Å². The van der Waals surface area contributed by atoms with Crippen LogP contribution >= 0.6 is 0 Å². The molecule has 0 unspecified atom stereocenters. The third-order valence-corrected chi connectivity index (χ3v) is 4.66. The van der Waals surface area contributed by atoms with Crippen molar-refractivity contribution in [2.75, 3.05) is 26.2 Å². The van der Waals surface area contributed by atoms with Crippen LogP contribution in [-0.2, 0) is 16.6 Å². The topological polar surface area (TPSA) is 103 Å². The Bertz CT molecular complexity index is 836. The number of aromatic nitrogens is 1. The van der Waals surface area contributed by atoms with Gasteiger partial charge in [0.15, 0.2) is 0 Å². The van der Waals surface area contributed by atoms with E-state index in [0.29, 0.717) is 37.3 Å². The van der Waals surface area contributed by atoms with E-state index in [1.165, 1.54) is 6.07 Å². The first-order valence-corrected chi connectivity index (χ1v) is 7.91. The summed E-state index contributed by atoms with van der Waals surface area (Å²) in [6.07, 6.45) is 2.51. The van der Waals surface area contributed by atoms with Gasteiger partial charge in [-0.15, -0.1) is 0 Å². The summed E-state index contributed by atoms with van der Waals surface area (Å²) in [4.78, 5) is 37.4. The van der Waals surface area contributed by atoms with Crippen LogP contribution in [0, 0.1) is 0 Å². The zero-order valence-electron chi connectivity index (χ0n) is 13.8. The summed E-state index contributed by atoms with van der Waals surface area (Å²) in [5, 5.41) is 19.7. The molecule has 8 heteroatoms. The van der Waals surface area contributed by atoms with E-state index >= 15 is 0 Å². The zero-order chi connectivity index (χ0) is 18.1. The van der Waals surface area contributed by atoms with Crippen molar-refractivity contribution in [3.8, 4) is 0 Å². The Balaban J connectivity index is 2.01. The first-order chi connectivity index (χ1) is 11.9. The molecule has 1 aromatic carbocycles. The number of fused-ring (bicyclic) bond motifs is 1. The summed E-state index contributed by atoms with van der Waals surface area (Å²) in [7, 11) is 1.76. The highest BCUT2D eigenvalue weighted by Gasteiger charge is 2.32. The number of aliphatic carboxylic acids is 1. The number of carbonyl (C=O) groups excluding carboxylic acids is 1. The van der Waals surface area contributed by atoms with Crippen molar-refractivity contribution < 1.29 is 24.6 Å². The Labute approximate surface area is 143 Å². The summed E-state index contributed by atoms with van der Waals surface area (Å²) in [5.74, 6) is -1.99. The number of hydrogen-bond acceptors (Lipinski definition) is 4. The number of carbonyl (C=O) groups is 3. The van der Waals surface area contributed by atoms with Gasteiger partial charge in [0.2, 0.25) is 6.41 Å². The molecule has 25 heavy (non-hydrogen) atoms. The van der Waals surface area contributed by atoms with Gasteiger partial charge in [0.05, 0.1) is 5.56 Å². The van der Waals surface area contributed by atoms with Crippen LogP contribution in [0.2, 0.25) is 0 Å². The maximum atomic E-state index is 12.0. The van der Waals surface area contributed by atoms with Crippen LogP contribution in [0.5, 0.6) is 0 Å². The van der Waals surface area contributed by atoms with E-state index in [-0.39, 0.29) is 5.56 Å². The molecule has 0 aliphatic carbocycles. The Morgan fingerprint density at radius 2 is 1.84 bits per heavy atom. The van der Waals surface area contributed by atoms with Crippen molar-refractivity contribution in [2.24, 2.45) is 7.05 Å². The van der Waals surface area contributed by atoms with Crippen molar-refractivity contribution in [3.63, 3.8) is 0 Å². The Hall–Kier alpha value is -2.87. The standard InChI is InChI=1S/C17H19N3O5/c1-18-9-13(12-3-2-11(16(22)23)8-14(12)18)15(17(24)25)20-6-4-19(10-21)5-7-20/h2-3,8-10,15H,4-7H2,1H3,(H,22,23)(H,24,25)/t15-/m0/s1. The second kappa shape index (κ2) is 6.56. The SMILES string of the molecule is Cn1cc([C@@H](C(=O)O)N2CCN(C=O)CC2)c2ccc(C(=O)O)cc21. The van der Waals surface area contributed by atoms with Crippen molar-refractivity contribution in [2.45, 2.75) is 6.04 Å². The minimum absolute atomic E-state index is 0.159. The second-order valence-electron chi connectivity index (χ2n) is 6.15. The lowest BCUT2D eigenvalue weighted by Gasteiger charge is -2.36. The fourth-order valence-corrected chi connectivity index (χ4v) is 3.35. The van der Waals surface area contributed by atoms with Crippen molar-refractivity contribution >= 4 is 29.3 Å². The summed E-state index contributed by atoms with van der Waals surface area (Å²) < 4.78 is 1.74. The van der Waals surface area contributed by atoms with Crippen molar-refractivity contribution in [1.29, 1.82) is 0 Å². The summed E-state index contributed by atoms with van der Waals surface area (Å²) in [6.45, 7) is 1.92. The number of aromatic carboxylic acids is 1. The molecule has 1 aliphatic rings. The fraction of sp³-hybridized carbons (Fsp3) is 0.353. The number of aryl methyl sites for hydroxylation is 1. The smallest absolute Gasteiger partial charge is 0.335 e. The number of carboxylic acid groups (broad SMARTS) is 2. The number of carboxylic acids is 2. The van der Waals surface area contributed by atoms with Crippen LogP contribution in [0.3, 0.4) is 0 Å². The largest absolute Gasteiger partial charge is 0.480 e. The van der Waals surface area contributed by atoms with Gasteiger partial charge < -0.3 is 19.7 Å². The Morgan fingerprint density at radius 3 is 2.40 bits per heavy atom. The van der Waals surface area contributed by atoms with Gasteiger partial charge in [-0.1, -0.05) is 6.07 Å². The Kier molecular flexibility index (Phi) is 4.45. The van der Waals surface area contributed by atoms with E-state index in [9.17, 15) is 19.5 Å². The first-order valence-electron chi connectivity index (χ1n) is 7.91. The number of hydrogen-bond donors (Lipinski definition) is 2. The fourth-order valence-electron chi connectivity index (χ4n) is 3.35. The molecular weight excluding hydrogens is 326 g/mol. The van der Waals surface area contributed by atoms with Gasteiger partial charge in [-0.05, 0) is 12.1 Å². The van der Waals surface area contributed by atoms with Gasteiger partial charge in [0.25, 0.3) is 0 Å². The molecule has 0 bridgehead atoms. The molecule has 8 nitrogen and oxygen atoms in total. The maximum Gasteiger partial charge on any atom is 0.335 e. The van der Waals surface area contributed by atoms with Crippen LogP contribution in [-0.4, -0.2) is 69.1 Å². The lowest BCUT2D eigenvalue weighted by Crippen LogP contribution is -2.48. The number of nitrogens with zero attached hydrogens (tertiary/aromatic N) is 3. The zero-order valence-corrected chi connectivity index (χ0v) is 13.8. The predicted octanol–water partition coefficient (Wildman–Crippen LogP) is 0.776. The van der Waals surface area contributed by atoms with Crippen LogP contribution in [0.15, 0.2) is 24.4 Å². The molecule has 1 saturated heterocycles. The minimum atomic E-state index is -1.02. The van der Waals surface area contributed by atoms with Crippen LogP contribution in [0.4, 0.5) is 0 Å². The molecular formula is C17H19N3O5. The molecule has 1 atom stereocenters. The second-order valence-corrected chi connectivity index (χ2v) is 6.15. The van der Waals surface area contributed by atoms with Gasteiger partial charge in [-0.3, -0.25) is 14.5 Å². The molecule has 1 aliphatic heterocycles. The molecule has 3 rings (SSSR count). The Morgan fingerprint density at radius 1 is 1.16 bits per heavy atom. The molecule has 1 amide bonds. The number of benzene rings is 1. The monoisotopic (exact) mass is 345 g/mol. The van der Waals surface area contributed by atoms with E-state index in [1.54, 1.807) is 34.8 Å². The molecule has 0 saturated carbocycles. The molecule has 1 fully saturated rings. The highest BCUT2D eigenvalue weighted by atomic mass is 16.4. The van der Waals surface area contributed by atoms with Crippen LogP contribution in [0.25, 0.3) is 10.9 Å². The molecule has 1 aromatic heterocycles. The third-order valence-electron chi connectivity index (χ3n) is 4.66. The van der Waals surface area contributed by atoms with Gasteiger partial charge in [-0.25, -0.2) is 4.79 Å². The molecule has 2 N–H and O–H groups in total. The summed E-state index contributed by atoms with van der Waals surface area (Å²) >= 11 is 0. The molecule has 0 radical (unpaired) electrons. The van der Waals surface area contributed by atoms with Crippen LogP contribution in [0.1, 0.15) is 22.0 Å². The van der Waals surface area contributed by atoms with Gasteiger partial charge >= 0.3 is 11.9 Å². The normalized spacial score (nSPS) is 16.8. The summed E-state index contributed by atoms with van der Waals surface area (Å²) in [6, 6.07) is 3.85. The van der Waals surface area contributed by atoms with Crippen molar-refractivity contribution in [3.05, 3.63) is 35.5 Å². The van der Waals surface area contributed by atoms with Gasteiger partial charge in [-0.2, -0.15) is 0 Å². The van der Waals surface area contributed by atoms with Gasteiger partial charge in [0.1, 0.15) is 6.04 Å². The molecule has 2 heterocycles. The highest BCUT2D eigenvalue weighted by molar-refractivity contribution is 5.96. The lowest BCUT2D eigenvalue weighted by molar-refractivity contribution is -0.144. The predicted molar refractivity (Wildman–Crippen MR) is 89.5 cm³/mol. The first kappa shape index (κ1) is 17.0. The number of piperazine rings is 1. The van der Waals surface area contributed by atoms with Gasteiger partial charge in [0, 0.05) is 55.9 Å². The number of amides is 1. The maximum absolute atomic E-state index is 12.0. The molecule has 2 aromatic rings. The minimum Gasteiger partial charge on any atom is -0.480 e. The van der Waals surface area contributed by atoms with E-state index in [0.717, 1.165) is 11.8 Å². The van der Waals surface area contributed by atoms with E-state index in [1.807, 2.05) is 4.90 Å². The quantitative estimate of drug-likeness (QED) is 0.776. The van der Waals surface area contributed by atoms with Crippen molar-refractivity contribution in [1.82, 2.24) is 14.4 Å².